The first kappa shape index (κ1) is 16.4. The molecule has 0 aliphatic heterocycles. The van der Waals surface area contributed by atoms with Gasteiger partial charge in [-0.3, -0.25) is 14.9 Å². The second-order valence-corrected chi connectivity index (χ2v) is 4.31. The van der Waals surface area contributed by atoms with Gasteiger partial charge in [-0.1, -0.05) is 30.3 Å². The van der Waals surface area contributed by atoms with E-state index in [1.165, 1.54) is 6.08 Å². The number of carbonyl (C=O) groups is 3. The highest BCUT2D eigenvalue weighted by atomic mass is 16.5. The van der Waals surface area contributed by atoms with Crippen molar-refractivity contribution in [2.45, 2.75) is 13.3 Å². The third-order valence-electron chi connectivity index (χ3n) is 2.62. The molecule has 0 aromatic heterocycles. The summed E-state index contributed by atoms with van der Waals surface area (Å²) in [4.78, 5) is 34.1. The Morgan fingerprint density at radius 1 is 1.29 bits per heavy atom. The number of benzene rings is 1. The lowest BCUT2D eigenvalue weighted by Gasteiger charge is -2.07. The normalized spacial score (nSPS) is 9.57. The molecular formula is C15H18N2O4. The Hall–Kier alpha value is -2.63. The van der Waals surface area contributed by atoms with Crippen LogP contribution in [0.3, 0.4) is 0 Å². The first-order valence-corrected chi connectivity index (χ1v) is 6.41. The number of esters is 1. The van der Waals surface area contributed by atoms with Gasteiger partial charge in [-0.15, -0.1) is 6.58 Å². The number of ether oxygens (including phenoxy) is 1. The molecule has 6 nitrogen and oxygen atoms in total. The minimum absolute atomic E-state index is 0.0859. The summed E-state index contributed by atoms with van der Waals surface area (Å²) < 4.78 is 4.82. The fraction of sp³-hybridized carbons (Fsp3) is 0.267. The van der Waals surface area contributed by atoms with E-state index >= 15 is 0 Å². The molecule has 0 fully saturated rings. The monoisotopic (exact) mass is 290 g/mol. The first-order valence-electron chi connectivity index (χ1n) is 6.41. The molecule has 21 heavy (non-hydrogen) atoms. The molecule has 0 heterocycles. The molecule has 0 aliphatic carbocycles. The average Bonchev–Trinajstić information content (AvgIpc) is 2.45. The summed E-state index contributed by atoms with van der Waals surface area (Å²) in [5, 5.41) is 4.40. The Balaban J connectivity index is 2.33. The van der Waals surface area contributed by atoms with Gasteiger partial charge in [0.2, 0.25) is 0 Å². The van der Waals surface area contributed by atoms with Gasteiger partial charge in [-0.25, -0.2) is 4.79 Å². The number of carbonyl (C=O) groups excluding carboxylic acids is 3. The Morgan fingerprint density at radius 3 is 2.67 bits per heavy atom. The predicted molar refractivity (Wildman–Crippen MR) is 77.6 cm³/mol. The molecule has 112 valence electrons. The van der Waals surface area contributed by atoms with Crippen LogP contribution in [0.4, 0.5) is 4.79 Å². The summed E-state index contributed by atoms with van der Waals surface area (Å²) in [6.07, 6.45) is 1.56. The third kappa shape index (κ3) is 6.38. The molecule has 0 radical (unpaired) electrons. The van der Waals surface area contributed by atoms with Gasteiger partial charge >= 0.3 is 12.0 Å². The van der Waals surface area contributed by atoms with Crippen molar-refractivity contribution in [3.8, 4) is 0 Å². The van der Waals surface area contributed by atoms with E-state index in [0.29, 0.717) is 0 Å². The molecule has 0 saturated carbocycles. The van der Waals surface area contributed by atoms with Crippen molar-refractivity contribution >= 4 is 17.9 Å². The van der Waals surface area contributed by atoms with Crippen LogP contribution in [0.25, 0.3) is 0 Å². The van der Waals surface area contributed by atoms with Crippen molar-refractivity contribution in [2.75, 3.05) is 13.2 Å². The van der Waals surface area contributed by atoms with E-state index in [2.05, 4.69) is 11.9 Å². The lowest BCUT2D eigenvalue weighted by Crippen LogP contribution is -2.41. The van der Waals surface area contributed by atoms with E-state index in [1.807, 2.05) is 36.5 Å². The molecule has 1 aromatic carbocycles. The van der Waals surface area contributed by atoms with Crippen LogP contribution < -0.4 is 10.6 Å². The fourth-order valence-electron chi connectivity index (χ4n) is 1.53. The van der Waals surface area contributed by atoms with Crippen molar-refractivity contribution in [1.29, 1.82) is 0 Å². The second-order valence-electron chi connectivity index (χ2n) is 4.31. The molecule has 6 heteroatoms. The van der Waals surface area contributed by atoms with Crippen LogP contribution >= 0.6 is 0 Å². The van der Waals surface area contributed by atoms with Crippen molar-refractivity contribution in [1.82, 2.24) is 10.6 Å². The van der Waals surface area contributed by atoms with Crippen molar-refractivity contribution in [3.05, 3.63) is 48.0 Å². The molecule has 3 amide bonds. The van der Waals surface area contributed by atoms with E-state index in [1.54, 1.807) is 0 Å². The third-order valence-corrected chi connectivity index (χ3v) is 2.62. The van der Waals surface area contributed by atoms with Crippen LogP contribution in [0.15, 0.2) is 36.9 Å². The Kier molecular flexibility index (Phi) is 6.67. The van der Waals surface area contributed by atoms with Crippen molar-refractivity contribution in [2.24, 2.45) is 0 Å². The molecular weight excluding hydrogens is 272 g/mol. The zero-order chi connectivity index (χ0) is 15.7. The Morgan fingerprint density at radius 2 is 2.00 bits per heavy atom. The highest BCUT2D eigenvalue weighted by molar-refractivity contribution is 5.95. The summed E-state index contributed by atoms with van der Waals surface area (Å²) in [5.74, 6) is -1.21. The highest BCUT2D eigenvalue weighted by Crippen LogP contribution is 2.08. The average molecular weight is 290 g/mol. The van der Waals surface area contributed by atoms with Gasteiger partial charge < -0.3 is 10.1 Å². The second kappa shape index (κ2) is 8.52. The van der Waals surface area contributed by atoms with Gasteiger partial charge in [0.25, 0.3) is 5.91 Å². The van der Waals surface area contributed by atoms with Crippen LogP contribution in [0.2, 0.25) is 0 Å². The smallest absolute Gasteiger partial charge is 0.321 e. The molecule has 0 spiro atoms. The largest absolute Gasteiger partial charge is 0.455 e. The van der Waals surface area contributed by atoms with Crippen LogP contribution in [-0.2, 0) is 20.7 Å². The number of amides is 3. The molecule has 1 rings (SSSR count). The fourth-order valence-corrected chi connectivity index (χ4v) is 1.53. The van der Waals surface area contributed by atoms with Crippen LogP contribution in [0, 0.1) is 6.92 Å². The van der Waals surface area contributed by atoms with Crippen molar-refractivity contribution in [3.63, 3.8) is 0 Å². The van der Waals surface area contributed by atoms with Crippen molar-refractivity contribution < 1.29 is 19.1 Å². The number of aryl methyl sites for hydroxylation is 1. The van der Waals surface area contributed by atoms with Crippen LogP contribution in [0.1, 0.15) is 11.1 Å². The lowest BCUT2D eigenvalue weighted by molar-refractivity contribution is -0.147. The van der Waals surface area contributed by atoms with E-state index in [0.717, 1.165) is 11.1 Å². The number of imide groups is 1. The summed E-state index contributed by atoms with van der Waals surface area (Å²) in [6, 6.07) is 6.75. The zero-order valence-corrected chi connectivity index (χ0v) is 11.8. The molecule has 0 saturated heterocycles. The molecule has 0 unspecified atom stereocenters. The first-order chi connectivity index (χ1) is 10.0. The molecule has 0 aliphatic rings. The lowest BCUT2D eigenvalue weighted by atomic mass is 10.1. The maximum absolute atomic E-state index is 11.6. The molecule has 1 aromatic rings. The van der Waals surface area contributed by atoms with Gasteiger partial charge in [0.15, 0.2) is 6.61 Å². The number of hydrogen-bond donors (Lipinski definition) is 2. The number of rotatable bonds is 6. The number of nitrogens with one attached hydrogen (secondary N) is 2. The van der Waals surface area contributed by atoms with Gasteiger partial charge in [-0.05, 0) is 18.1 Å². The maximum atomic E-state index is 11.6. The van der Waals surface area contributed by atoms with Gasteiger partial charge in [0.05, 0.1) is 6.42 Å². The zero-order valence-electron chi connectivity index (χ0n) is 11.8. The quantitative estimate of drug-likeness (QED) is 0.607. The highest BCUT2D eigenvalue weighted by Gasteiger charge is 2.11. The van der Waals surface area contributed by atoms with E-state index < -0.39 is 24.5 Å². The van der Waals surface area contributed by atoms with Gasteiger partial charge in [0, 0.05) is 6.54 Å². The van der Waals surface area contributed by atoms with E-state index in [-0.39, 0.29) is 13.0 Å². The van der Waals surface area contributed by atoms with Gasteiger partial charge in [-0.2, -0.15) is 0 Å². The van der Waals surface area contributed by atoms with Crippen LogP contribution in [-0.4, -0.2) is 31.1 Å². The van der Waals surface area contributed by atoms with Gasteiger partial charge in [0.1, 0.15) is 0 Å². The number of urea groups is 1. The standard InChI is InChI=1S/C15H18N2O4/c1-3-8-16-15(20)17-13(18)10-21-14(19)9-12-7-5-4-6-11(12)2/h3-7H,1,8-10H2,2H3,(H2,16,17,18,20). The number of hydrogen-bond acceptors (Lipinski definition) is 4. The topological polar surface area (TPSA) is 84.5 Å². The summed E-state index contributed by atoms with van der Waals surface area (Å²) in [6.45, 7) is 5.06. The Bertz CT molecular complexity index is 540. The Labute approximate surface area is 123 Å². The minimum atomic E-state index is -0.685. The summed E-state index contributed by atoms with van der Waals surface area (Å²) in [5.41, 5.74) is 1.81. The SMILES string of the molecule is C=CCNC(=O)NC(=O)COC(=O)Cc1ccccc1C. The minimum Gasteiger partial charge on any atom is -0.455 e. The van der Waals surface area contributed by atoms with E-state index in [4.69, 9.17) is 4.74 Å². The van der Waals surface area contributed by atoms with Crippen LogP contribution in [0.5, 0.6) is 0 Å². The predicted octanol–water partition coefficient (Wildman–Crippen LogP) is 1.09. The molecule has 0 bridgehead atoms. The van der Waals surface area contributed by atoms with E-state index in [9.17, 15) is 14.4 Å². The maximum Gasteiger partial charge on any atom is 0.321 e. The molecule has 2 N–H and O–H groups in total. The summed E-state index contributed by atoms with van der Waals surface area (Å²) in [7, 11) is 0. The molecule has 0 atom stereocenters. The summed E-state index contributed by atoms with van der Waals surface area (Å²) >= 11 is 0.